The largest absolute Gasteiger partial charge is 0.398 e. The topological polar surface area (TPSA) is 82.8 Å². The lowest BCUT2D eigenvalue weighted by Crippen LogP contribution is -1.93. The molecule has 6 nitrogen and oxygen atoms in total. The summed E-state index contributed by atoms with van der Waals surface area (Å²) in [5, 5.41) is 3.94. The van der Waals surface area contributed by atoms with Crippen LogP contribution in [0.2, 0.25) is 0 Å². The normalized spacial score (nSPS) is 10.8. The van der Waals surface area contributed by atoms with E-state index in [0.29, 0.717) is 23.2 Å². The molecule has 2 heterocycles. The molecule has 0 radical (unpaired) electrons. The van der Waals surface area contributed by atoms with Gasteiger partial charge in [0, 0.05) is 30.7 Å². The van der Waals surface area contributed by atoms with Gasteiger partial charge < -0.3 is 14.8 Å². The Morgan fingerprint density at radius 3 is 2.84 bits per heavy atom. The number of nitrogen functional groups attached to an aromatic ring is 1. The van der Waals surface area contributed by atoms with E-state index in [-0.39, 0.29) is 0 Å². The maximum atomic E-state index is 5.88. The quantitative estimate of drug-likeness (QED) is 0.708. The molecule has 2 N–H and O–H groups in total. The Hall–Kier alpha value is -2.63. The number of aryl methyl sites for hydroxylation is 2. The highest BCUT2D eigenvalue weighted by Crippen LogP contribution is 2.24. The second kappa shape index (κ2) is 4.24. The highest BCUT2D eigenvalue weighted by molar-refractivity contribution is 5.63. The first kappa shape index (κ1) is 11.5. The summed E-state index contributed by atoms with van der Waals surface area (Å²) in [5.74, 6) is 1.56. The Labute approximate surface area is 109 Å². The summed E-state index contributed by atoms with van der Waals surface area (Å²) in [6.07, 6.45) is 3.52. The minimum atomic E-state index is 0.435. The van der Waals surface area contributed by atoms with E-state index in [1.165, 1.54) is 0 Å². The van der Waals surface area contributed by atoms with Crippen LogP contribution in [0.1, 0.15) is 5.56 Å². The average molecular weight is 255 g/mol. The van der Waals surface area contributed by atoms with E-state index >= 15 is 0 Å². The third-order valence-corrected chi connectivity index (χ3v) is 2.97. The second-order valence-corrected chi connectivity index (χ2v) is 4.36. The molecule has 3 aromatic rings. The molecule has 0 fully saturated rings. The lowest BCUT2D eigenvalue weighted by Gasteiger charge is -2.00. The summed E-state index contributed by atoms with van der Waals surface area (Å²) in [6, 6.07) is 5.65. The summed E-state index contributed by atoms with van der Waals surface area (Å²) in [7, 11) is 1.88. The predicted octanol–water partition coefficient (Wildman–Crippen LogP) is 2.03. The predicted molar refractivity (Wildman–Crippen MR) is 71.1 cm³/mol. The van der Waals surface area contributed by atoms with Crippen molar-refractivity contribution in [2.45, 2.75) is 6.92 Å². The van der Waals surface area contributed by atoms with Gasteiger partial charge in [0.15, 0.2) is 5.82 Å². The number of hydrogen-bond acceptors (Lipinski definition) is 5. The summed E-state index contributed by atoms with van der Waals surface area (Å²) >= 11 is 0. The molecule has 0 aliphatic carbocycles. The van der Waals surface area contributed by atoms with E-state index in [4.69, 9.17) is 10.3 Å². The van der Waals surface area contributed by atoms with Crippen molar-refractivity contribution in [1.82, 2.24) is 19.7 Å². The van der Waals surface area contributed by atoms with Crippen molar-refractivity contribution in [3.05, 3.63) is 36.2 Å². The molecular formula is C13H13N5O. The first-order chi connectivity index (χ1) is 9.15. The van der Waals surface area contributed by atoms with Crippen LogP contribution in [0.4, 0.5) is 5.69 Å². The molecule has 0 spiro atoms. The van der Waals surface area contributed by atoms with Crippen molar-refractivity contribution in [3.8, 4) is 23.1 Å². The summed E-state index contributed by atoms with van der Waals surface area (Å²) < 4.78 is 7.09. The minimum Gasteiger partial charge on any atom is -0.398 e. The van der Waals surface area contributed by atoms with Gasteiger partial charge in [-0.15, -0.1) is 0 Å². The maximum Gasteiger partial charge on any atom is 0.258 e. The van der Waals surface area contributed by atoms with Crippen molar-refractivity contribution in [3.63, 3.8) is 0 Å². The Kier molecular flexibility index (Phi) is 2.56. The van der Waals surface area contributed by atoms with Gasteiger partial charge in [-0.1, -0.05) is 11.2 Å². The molecule has 0 bridgehead atoms. The third-order valence-electron chi connectivity index (χ3n) is 2.97. The zero-order valence-corrected chi connectivity index (χ0v) is 10.7. The van der Waals surface area contributed by atoms with Crippen LogP contribution >= 0.6 is 0 Å². The fourth-order valence-electron chi connectivity index (χ4n) is 1.79. The number of nitrogens with zero attached hydrogens (tertiary/aromatic N) is 4. The van der Waals surface area contributed by atoms with Crippen LogP contribution < -0.4 is 5.73 Å². The Bertz CT molecular complexity index is 728. The van der Waals surface area contributed by atoms with Gasteiger partial charge in [-0.25, -0.2) is 4.98 Å². The molecule has 0 aliphatic rings. The zero-order valence-electron chi connectivity index (χ0n) is 10.7. The summed E-state index contributed by atoms with van der Waals surface area (Å²) in [4.78, 5) is 8.52. The van der Waals surface area contributed by atoms with Crippen LogP contribution in [-0.2, 0) is 7.05 Å². The van der Waals surface area contributed by atoms with Crippen molar-refractivity contribution < 1.29 is 4.52 Å². The van der Waals surface area contributed by atoms with E-state index in [1.807, 2.05) is 42.9 Å². The lowest BCUT2D eigenvalue weighted by atomic mass is 10.1. The van der Waals surface area contributed by atoms with Crippen molar-refractivity contribution in [2.24, 2.45) is 7.05 Å². The number of imidazole rings is 1. The van der Waals surface area contributed by atoms with E-state index in [0.717, 1.165) is 11.1 Å². The molecule has 0 aliphatic heterocycles. The number of benzene rings is 1. The highest BCUT2D eigenvalue weighted by atomic mass is 16.5. The molecular weight excluding hydrogens is 242 g/mol. The zero-order chi connectivity index (χ0) is 13.4. The summed E-state index contributed by atoms with van der Waals surface area (Å²) in [5.41, 5.74) is 8.40. The minimum absolute atomic E-state index is 0.435. The highest BCUT2D eigenvalue weighted by Gasteiger charge is 2.14. The molecule has 96 valence electrons. The fraction of sp³-hybridized carbons (Fsp3) is 0.154. The van der Waals surface area contributed by atoms with Crippen LogP contribution in [-0.4, -0.2) is 19.7 Å². The van der Waals surface area contributed by atoms with Crippen molar-refractivity contribution in [1.29, 1.82) is 0 Å². The van der Waals surface area contributed by atoms with Gasteiger partial charge in [-0.2, -0.15) is 4.98 Å². The van der Waals surface area contributed by atoms with Gasteiger partial charge in [-0.3, -0.25) is 0 Å². The van der Waals surface area contributed by atoms with Crippen LogP contribution in [0.25, 0.3) is 23.1 Å². The van der Waals surface area contributed by atoms with Crippen LogP contribution in [0.5, 0.6) is 0 Å². The van der Waals surface area contributed by atoms with E-state index in [2.05, 4.69) is 15.1 Å². The van der Waals surface area contributed by atoms with Gasteiger partial charge >= 0.3 is 0 Å². The molecule has 6 heteroatoms. The van der Waals surface area contributed by atoms with E-state index < -0.39 is 0 Å². The number of hydrogen-bond donors (Lipinski definition) is 1. The van der Waals surface area contributed by atoms with Crippen LogP contribution in [0, 0.1) is 6.92 Å². The van der Waals surface area contributed by atoms with E-state index in [9.17, 15) is 0 Å². The Balaban J connectivity index is 2.01. The smallest absolute Gasteiger partial charge is 0.258 e. The van der Waals surface area contributed by atoms with Gasteiger partial charge in [-0.05, 0) is 24.6 Å². The molecule has 0 unspecified atom stereocenters. The van der Waals surface area contributed by atoms with Crippen molar-refractivity contribution in [2.75, 3.05) is 5.73 Å². The van der Waals surface area contributed by atoms with Gasteiger partial charge in [0.25, 0.3) is 5.89 Å². The molecule has 1 aromatic carbocycles. The van der Waals surface area contributed by atoms with Gasteiger partial charge in [0.1, 0.15) is 0 Å². The molecule has 0 saturated carbocycles. The molecule has 19 heavy (non-hydrogen) atoms. The fourth-order valence-corrected chi connectivity index (χ4v) is 1.79. The van der Waals surface area contributed by atoms with Crippen LogP contribution in [0.15, 0.2) is 35.1 Å². The lowest BCUT2D eigenvalue weighted by molar-refractivity contribution is 0.431. The maximum absolute atomic E-state index is 5.88. The standard InChI is InChI=1S/C13H13N5O/c1-8-3-4-9(7-10(8)14)13-16-11(17-19-13)12-15-5-6-18(12)2/h3-7H,14H2,1-2H3. The SMILES string of the molecule is Cc1ccc(-c2nc(-c3nccn3C)no2)cc1N. The number of aromatic nitrogens is 4. The number of rotatable bonds is 2. The Morgan fingerprint density at radius 2 is 2.16 bits per heavy atom. The first-order valence-corrected chi connectivity index (χ1v) is 5.83. The van der Waals surface area contributed by atoms with Crippen molar-refractivity contribution >= 4 is 5.69 Å². The molecule has 0 amide bonds. The van der Waals surface area contributed by atoms with Gasteiger partial charge in [0.2, 0.25) is 5.82 Å². The molecule has 0 saturated heterocycles. The second-order valence-electron chi connectivity index (χ2n) is 4.36. The number of anilines is 1. The average Bonchev–Trinajstić information content (AvgIpc) is 3.01. The molecule has 0 atom stereocenters. The molecule has 2 aromatic heterocycles. The number of nitrogens with two attached hydrogens (primary N) is 1. The summed E-state index contributed by atoms with van der Waals surface area (Å²) in [6.45, 7) is 1.95. The van der Waals surface area contributed by atoms with Gasteiger partial charge in [0.05, 0.1) is 0 Å². The Morgan fingerprint density at radius 1 is 1.32 bits per heavy atom. The van der Waals surface area contributed by atoms with E-state index in [1.54, 1.807) is 6.20 Å². The van der Waals surface area contributed by atoms with Crippen LogP contribution in [0.3, 0.4) is 0 Å². The first-order valence-electron chi connectivity index (χ1n) is 5.83. The third kappa shape index (κ3) is 1.97. The monoisotopic (exact) mass is 255 g/mol. The molecule has 3 rings (SSSR count).